The second-order valence-corrected chi connectivity index (χ2v) is 9.22. The first kappa shape index (κ1) is 26.1. The van der Waals surface area contributed by atoms with Crippen LogP contribution in [0.25, 0.3) is 0 Å². The van der Waals surface area contributed by atoms with Crippen LogP contribution >= 0.6 is 0 Å². The van der Waals surface area contributed by atoms with Gasteiger partial charge in [0.25, 0.3) is 0 Å². The first-order chi connectivity index (χ1) is 12.7. The van der Waals surface area contributed by atoms with Crippen LogP contribution in [0.3, 0.4) is 0 Å². The maximum atomic E-state index is 11.1. The minimum absolute atomic E-state index is 0.159. The van der Waals surface area contributed by atoms with Crippen LogP contribution in [0.15, 0.2) is 12.2 Å². The number of allylic oxidation sites excluding steroid dienone is 2. The van der Waals surface area contributed by atoms with Crippen molar-refractivity contribution in [3.8, 4) is 0 Å². The van der Waals surface area contributed by atoms with Crippen molar-refractivity contribution in [2.45, 2.75) is 102 Å². The van der Waals surface area contributed by atoms with E-state index in [1.807, 2.05) is 21.1 Å². The molecule has 0 aromatic carbocycles. The quantitative estimate of drug-likeness (QED) is 0.185. The second-order valence-electron chi connectivity index (χ2n) is 9.22. The molecule has 1 unspecified atom stereocenters. The molecule has 0 fully saturated rings. The number of carboxylic acid groups (broad SMARTS) is 1. The highest BCUT2D eigenvalue weighted by molar-refractivity contribution is 5.68. The van der Waals surface area contributed by atoms with Crippen molar-refractivity contribution < 1.29 is 19.5 Å². The van der Waals surface area contributed by atoms with Gasteiger partial charge in [0, 0.05) is 0 Å². The Balaban J connectivity index is 3.73. The Morgan fingerprint density at radius 2 is 1.33 bits per heavy atom. The first-order valence-corrected chi connectivity index (χ1v) is 11.1. The number of hydrogen-bond acceptors (Lipinski definition) is 2. The Labute approximate surface area is 168 Å². The number of aliphatic hydroxyl groups is 1. The molecule has 0 aliphatic carbocycles. The Bertz CT molecular complexity index is 401. The van der Waals surface area contributed by atoms with Gasteiger partial charge in [-0.15, -0.1) is 0 Å². The molecule has 0 aliphatic heterocycles. The molecule has 0 saturated heterocycles. The van der Waals surface area contributed by atoms with Crippen LogP contribution in [0.5, 0.6) is 0 Å². The van der Waals surface area contributed by atoms with E-state index in [9.17, 15) is 9.90 Å². The molecule has 0 amide bonds. The molecule has 0 spiro atoms. The second kappa shape index (κ2) is 15.1. The van der Waals surface area contributed by atoms with E-state index in [4.69, 9.17) is 5.11 Å². The highest BCUT2D eigenvalue weighted by Gasteiger charge is 2.35. The molecule has 4 nitrogen and oxygen atoms in total. The van der Waals surface area contributed by atoms with E-state index >= 15 is 0 Å². The van der Waals surface area contributed by atoms with Gasteiger partial charge in [-0.05, 0) is 32.1 Å². The predicted molar refractivity (Wildman–Crippen MR) is 115 cm³/mol. The molecule has 160 valence electrons. The van der Waals surface area contributed by atoms with Crippen molar-refractivity contribution in [2.75, 3.05) is 27.7 Å². The lowest BCUT2D eigenvalue weighted by molar-refractivity contribution is -0.877. The van der Waals surface area contributed by atoms with Crippen molar-refractivity contribution >= 4 is 5.97 Å². The van der Waals surface area contributed by atoms with Gasteiger partial charge in [-0.1, -0.05) is 70.4 Å². The molecule has 0 radical (unpaired) electrons. The summed E-state index contributed by atoms with van der Waals surface area (Å²) in [6, 6.07) is 0. The summed E-state index contributed by atoms with van der Waals surface area (Å²) < 4.78 is 0.579. The number of aliphatic carboxylic acids is 1. The number of hydrogen-bond donors (Lipinski definition) is 2. The SMILES string of the molecule is CCCCCC/C=C\CCCCCCCCC(O)(CC(=O)O)C[N+](C)(C)C. The number of carbonyl (C=O) groups is 1. The smallest absolute Gasteiger partial charge is 0.306 e. The monoisotopic (exact) mass is 384 g/mol. The van der Waals surface area contributed by atoms with Crippen molar-refractivity contribution in [2.24, 2.45) is 0 Å². The van der Waals surface area contributed by atoms with E-state index < -0.39 is 11.6 Å². The zero-order valence-corrected chi connectivity index (χ0v) is 18.5. The number of carboxylic acids is 1. The minimum atomic E-state index is -1.09. The number of unbranched alkanes of at least 4 members (excludes halogenated alkanes) is 10. The van der Waals surface area contributed by atoms with Crippen molar-refractivity contribution in [1.82, 2.24) is 0 Å². The molecule has 4 heteroatoms. The lowest BCUT2D eigenvalue weighted by Crippen LogP contribution is -2.50. The van der Waals surface area contributed by atoms with Gasteiger partial charge < -0.3 is 14.7 Å². The van der Waals surface area contributed by atoms with Gasteiger partial charge in [-0.2, -0.15) is 0 Å². The summed E-state index contributed by atoms with van der Waals surface area (Å²) in [6.07, 6.45) is 19.8. The van der Waals surface area contributed by atoms with Crippen LogP contribution in [0, 0.1) is 0 Å². The van der Waals surface area contributed by atoms with E-state index in [0.29, 0.717) is 17.4 Å². The molecule has 1 atom stereocenters. The third kappa shape index (κ3) is 18.3. The third-order valence-corrected chi connectivity index (χ3v) is 4.90. The molecule has 0 heterocycles. The number of nitrogens with zero attached hydrogens (tertiary/aromatic N) is 1. The standard InChI is InChI=1S/C23H45NO3/c1-5-6-7-8-9-10-11-12-13-14-15-16-17-18-19-23(27,20-22(25)26)21-24(2,3)4/h10-11,27H,5-9,12-21H2,1-4H3/p+1/b11-10-. The summed E-state index contributed by atoms with van der Waals surface area (Å²) in [5.41, 5.74) is -1.09. The summed E-state index contributed by atoms with van der Waals surface area (Å²) in [7, 11) is 5.98. The molecule has 0 rings (SSSR count). The maximum Gasteiger partial charge on any atom is 0.306 e. The van der Waals surface area contributed by atoms with Crippen LogP contribution < -0.4 is 0 Å². The van der Waals surface area contributed by atoms with E-state index in [1.165, 1.54) is 64.2 Å². The number of likely N-dealkylation sites (N-methyl/N-ethyl adjacent to an activating group) is 1. The largest absolute Gasteiger partial charge is 0.481 e. The predicted octanol–water partition coefficient (Wildman–Crippen LogP) is 5.55. The van der Waals surface area contributed by atoms with E-state index in [-0.39, 0.29) is 6.42 Å². The highest BCUT2D eigenvalue weighted by Crippen LogP contribution is 2.23. The van der Waals surface area contributed by atoms with E-state index in [1.54, 1.807) is 0 Å². The molecule has 27 heavy (non-hydrogen) atoms. The third-order valence-electron chi connectivity index (χ3n) is 4.90. The van der Waals surface area contributed by atoms with Gasteiger partial charge in [-0.3, -0.25) is 4.79 Å². The number of rotatable bonds is 18. The van der Waals surface area contributed by atoms with Crippen molar-refractivity contribution in [3.63, 3.8) is 0 Å². The van der Waals surface area contributed by atoms with Gasteiger partial charge in [0.15, 0.2) is 0 Å². The fourth-order valence-electron chi connectivity index (χ4n) is 3.74. The van der Waals surface area contributed by atoms with E-state index in [0.717, 1.165) is 12.8 Å². The van der Waals surface area contributed by atoms with Crippen LogP contribution in [-0.2, 0) is 4.79 Å². The fraction of sp³-hybridized carbons (Fsp3) is 0.870. The van der Waals surface area contributed by atoms with E-state index in [2.05, 4.69) is 19.1 Å². The number of quaternary nitrogens is 1. The summed E-state index contributed by atoms with van der Waals surface area (Å²) in [4.78, 5) is 11.1. The molecular weight excluding hydrogens is 338 g/mol. The normalized spacial score (nSPS) is 14.6. The van der Waals surface area contributed by atoms with Crippen molar-refractivity contribution in [1.29, 1.82) is 0 Å². The van der Waals surface area contributed by atoms with Gasteiger partial charge in [0.05, 0.1) is 27.6 Å². The van der Waals surface area contributed by atoms with Crippen molar-refractivity contribution in [3.05, 3.63) is 12.2 Å². The molecule has 0 saturated carbocycles. The van der Waals surface area contributed by atoms with Crippen LogP contribution in [0.4, 0.5) is 0 Å². The van der Waals surface area contributed by atoms with Crippen LogP contribution in [0.1, 0.15) is 96.8 Å². The zero-order chi connectivity index (χ0) is 20.6. The Hall–Kier alpha value is -0.870. The highest BCUT2D eigenvalue weighted by atomic mass is 16.4. The zero-order valence-electron chi connectivity index (χ0n) is 18.5. The summed E-state index contributed by atoms with van der Waals surface area (Å²) in [5, 5.41) is 19.8. The maximum absolute atomic E-state index is 11.1. The Morgan fingerprint density at radius 1 is 0.852 bits per heavy atom. The lowest BCUT2D eigenvalue weighted by Gasteiger charge is -2.34. The van der Waals surface area contributed by atoms with Gasteiger partial charge in [0.1, 0.15) is 12.1 Å². The molecule has 2 N–H and O–H groups in total. The van der Waals surface area contributed by atoms with Gasteiger partial charge >= 0.3 is 5.97 Å². The topological polar surface area (TPSA) is 57.5 Å². The summed E-state index contributed by atoms with van der Waals surface area (Å²) in [5.74, 6) is -0.913. The fourth-order valence-corrected chi connectivity index (χ4v) is 3.74. The molecule has 0 bridgehead atoms. The average Bonchev–Trinajstić information content (AvgIpc) is 2.52. The van der Waals surface area contributed by atoms with Crippen LogP contribution in [0.2, 0.25) is 0 Å². The first-order valence-electron chi connectivity index (χ1n) is 11.1. The molecule has 0 aromatic rings. The summed E-state index contributed by atoms with van der Waals surface area (Å²) >= 11 is 0. The minimum Gasteiger partial charge on any atom is -0.481 e. The van der Waals surface area contributed by atoms with Crippen LogP contribution in [-0.4, -0.2) is 54.0 Å². The van der Waals surface area contributed by atoms with Gasteiger partial charge in [0.2, 0.25) is 0 Å². The summed E-state index contributed by atoms with van der Waals surface area (Å²) in [6.45, 7) is 2.72. The average molecular weight is 385 g/mol. The lowest BCUT2D eigenvalue weighted by atomic mass is 9.91. The Kier molecular flexibility index (Phi) is 14.6. The molecule has 0 aliphatic rings. The molecule has 0 aromatic heterocycles. The van der Waals surface area contributed by atoms with Gasteiger partial charge in [-0.25, -0.2) is 0 Å². The Morgan fingerprint density at radius 3 is 1.81 bits per heavy atom. The molecular formula is C23H46NO3+.